The summed E-state index contributed by atoms with van der Waals surface area (Å²) in [6, 6.07) is 12.1. The van der Waals surface area contributed by atoms with E-state index in [9.17, 15) is 0 Å². The van der Waals surface area contributed by atoms with Crippen LogP contribution >= 0.6 is 0 Å². The van der Waals surface area contributed by atoms with Gasteiger partial charge < -0.3 is 5.73 Å². The summed E-state index contributed by atoms with van der Waals surface area (Å²) >= 11 is 0. The predicted molar refractivity (Wildman–Crippen MR) is 89.2 cm³/mol. The van der Waals surface area contributed by atoms with E-state index in [1.807, 2.05) is 0 Å². The smallest absolute Gasteiger partial charge is 0.0171 e. The van der Waals surface area contributed by atoms with Crippen molar-refractivity contribution in [2.24, 2.45) is 17.6 Å². The molecule has 0 amide bonds. The lowest BCUT2D eigenvalue weighted by Gasteiger charge is -2.46. The van der Waals surface area contributed by atoms with Crippen molar-refractivity contribution in [1.82, 2.24) is 4.90 Å². The first-order chi connectivity index (χ1) is 10.3. The topological polar surface area (TPSA) is 29.3 Å². The van der Waals surface area contributed by atoms with E-state index in [0.29, 0.717) is 6.04 Å². The Hall–Kier alpha value is -0.860. The number of hydrogen-bond donors (Lipinski definition) is 1. The molecule has 1 aliphatic carbocycles. The predicted octanol–water partition coefficient (Wildman–Crippen LogP) is 3.46. The molecule has 2 N–H and O–H groups in total. The van der Waals surface area contributed by atoms with Crippen molar-refractivity contribution in [3.8, 4) is 0 Å². The Balaban J connectivity index is 1.63. The van der Waals surface area contributed by atoms with Crippen molar-refractivity contribution >= 4 is 0 Å². The number of nitrogens with zero attached hydrogens (tertiary/aromatic N) is 1. The van der Waals surface area contributed by atoms with Gasteiger partial charge in [-0.05, 0) is 49.5 Å². The molecule has 2 nitrogen and oxygen atoms in total. The third-order valence-corrected chi connectivity index (χ3v) is 5.55. The van der Waals surface area contributed by atoms with Gasteiger partial charge in [0.15, 0.2) is 0 Å². The summed E-state index contributed by atoms with van der Waals surface area (Å²) in [6.45, 7) is 4.72. The van der Waals surface area contributed by atoms with Crippen LogP contribution in [-0.2, 0) is 6.42 Å². The van der Waals surface area contributed by atoms with E-state index in [2.05, 4.69) is 42.2 Å². The SMILES string of the molecule is CCC(C1CCC1)N1CC(N)CC(Cc2ccccc2)C1. The minimum absolute atomic E-state index is 0.363. The molecule has 116 valence electrons. The maximum Gasteiger partial charge on any atom is 0.0171 e. The van der Waals surface area contributed by atoms with Crippen molar-refractivity contribution in [3.05, 3.63) is 35.9 Å². The van der Waals surface area contributed by atoms with Gasteiger partial charge in [-0.3, -0.25) is 4.90 Å². The standard InChI is InChI=1S/C19H30N2/c1-2-19(17-9-6-10-17)21-13-16(12-18(20)14-21)11-15-7-4-3-5-8-15/h3-5,7-8,16-19H,2,6,9-14,20H2,1H3. The van der Waals surface area contributed by atoms with E-state index in [1.165, 1.54) is 50.6 Å². The van der Waals surface area contributed by atoms with Gasteiger partial charge in [0.2, 0.25) is 0 Å². The zero-order chi connectivity index (χ0) is 14.7. The van der Waals surface area contributed by atoms with Crippen molar-refractivity contribution in [2.75, 3.05) is 13.1 Å². The molecule has 3 rings (SSSR count). The molecule has 2 heteroatoms. The molecule has 0 aromatic heterocycles. The molecule has 1 heterocycles. The molecule has 2 fully saturated rings. The van der Waals surface area contributed by atoms with Crippen LogP contribution in [0.1, 0.15) is 44.6 Å². The van der Waals surface area contributed by atoms with Crippen LogP contribution in [0.5, 0.6) is 0 Å². The number of rotatable bonds is 5. The number of benzene rings is 1. The van der Waals surface area contributed by atoms with Gasteiger partial charge in [0, 0.05) is 25.2 Å². The number of likely N-dealkylation sites (tertiary alicyclic amines) is 1. The third kappa shape index (κ3) is 3.67. The Morgan fingerprint density at radius 2 is 1.95 bits per heavy atom. The molecule has 21 heavy (non-hydrogen) atoms. The zero-order valence-electron chi connectivity index (χ0n) is 13.4. The monoisotopic (exact) mass is 286 g/mol. The van der Waals surface area contributed by atoms with Crippen LogP contribution in [0.2, 0.25) is 0 Å². The van der Waals surface area contributed by atoms with Crippen LogP contribution in [0.25, 0.3) is 0 Å². The largest absolute Gasteiger partial charge is 0.327 e. The Labute approximate surface area is 129 Å². The van der Waals surface area contributed by atoms with Crippen molar-refractivity contribution in [3.63, 3.8) is 0 Å². The van der Waals surface area contributed by atoms with Crippen LogP contribution in [0.15, 0.2) is 30.3 Å². The average Bonchev–Trinajstić information content (AvgIpc) is 2.43. The molecular formula is C19H30N2. The highest BCUT2D eigenvalue weighted by Gasteiger charge is 2.35. The second kappa shape index (κ2) is 6.93. The van der Waals surface area contributed by atoms with Gasteiger partial charge in [-0.2, -0.15) is 0 Å². The molecule has 1 aliphatic heterocycles. The van der Waals surface area contributed by atoms with Crippen molar-refractivity contribution in [1.29, 1.82) is 0 Å². The van der Waals surface area contributed by atoms with E-state index in [0.717, 1.165) is 24.4 Å². The Kier molecular flexibility index (Phi) is 4.97. The summed E-state index contributed by atoms with van der Waals surface area (Å²) in [5, 5.41) is 0. The van der Waals surface area contributed by atoms with Gasteiger partial charge >= 0.3 is 0 Å². The van der Waals surface area contributed by atoms with Gasteiger partial charge in [-0.25, -0.2) is 0 Å². The van der Waals surface area contributed by atoms with Crippen LogP contribution in [0.4, 0.5) is 0 Å². The fourth-order valence-corrected chi connectivity index (χ4v) is 4.36. The van der Waals surface area contributed by atoms with Crippen LogP contribution in [0.3, 0.4) is 0 Å². The van der Waals surface area contributed by atoms with Crippen LogP contribution in [-0.4, -0.2) is 30.1 Å². The maximum atomic E-state index is 6.38. The maximum absolute atomic E-state index is 6.38. The summed E-state index contributed by atoms with van der Waals surface area (Å²) in [5.74, 6) is 1.67. The highest BCUT2D eigenvalue weighted by molar-refractivity contribution is 5.15. The first kappa shape index (κ1) is 15.1. The molecule has 0 bridgehead atoms. The Morgan fingerprint density at radius 3 is 2.57 bits per heavy atom. The molecule has 1 aromatic carbocycles. The summed E-state index contributed by atoms with van der Waals surface area (Å²) in [7, 11) is 0. The van der Waals surface area contributed by atoms with Crippen LogP contribution < -0.4 is 5.73 Å². The second-order valence-corrected chi connectivity index (χ2v) is 7.17. The van der Waals surface area contributed by atoms with Gasteiger partial charge in [0.05, 0.1) is 0 Å². The lowest BCUT2D eigenvalue weighted by atomic mass is 9.76. The van der Waals surface area contributed by atoms with Crippen molar-refractivity contribution in [2.45, 2.75) is 57.5 Å². The fourth-order valence-electron chi connectivity index (χ4n) is 4.36. The molecule has 0 spiro atoms. The summed E-state index contributed by atoms with van der Waals surface area (Å²) in [6.07, 6.45) is 7.98. The average molecular weight is 286 g/mol. The van der Waals surface area contributed by atoms with E-state index in [-0.39, 0.29) is 0 Å². The minimum Gasteiger partial charge on any atom is -0.327 e. The second-order valence-electron chi connectivity index (χ2n) is 7.17. The van der Waals surface area contributed by atoms with E-state index in [4.69, 9.17) is 5.73 Å². The van der Waals surface area contributed by atoms with Crippen LogP contribution in [0, 0.1) is 11.8 Å². The highest BCUT2D eigenvalue weighted by Crippen LogP contribution is 2.35. The molecule has 2 aliphatic rings. The quantitative estimate of drug-likeness (QED) is 0.898. The number of hydrogen-bond acceptors (Lipinski definition) is 2. The van der Waals surface area contributed by atoms with Gasteiger partial charge in [0.1, 0.15) is 0 Å². The summed E-state index contributed by atoms with van der Waals surface area (Å²) in [4.78, 5) is 2.73. The molecular weight excluding hydrogens is 256 g/mol. The Morgan fingerprint density at radius 1 is 1.19 bits per heavy atom. The summed E-state index contributed by atoms with van der Waals surface area (Å²) < 4.78 is 0. The van der Waals surface area contributed by atoms with Gasteiger partial charge in [-0.1, -0.05) is 43.7 Å². The molecule has 1 saturated heterocycles. The summed E-state index contributed by atoms with van der Waals surface area (Å²) in [5.41, 5.74) is 7.85. The lowest BCUT2D eigenvalue weighted by molar-refractivity contribution is 0.0466. The van der Waals surface area contributed by atoms with E-state index < -0.39 is 0 Å². The normalized spacial score (nSPS) is 29.0. The lowest BCUT2D eigenvalue weighted by Crippen LogP contribution is -2.54. The van der Waals surface area contributed by atoms with Gasteiger partial charge in [-0.15, -0.1) is 0 Å². The molecule has 3 unspecified atom stereocenters. The Bertz CT molecular complexity index is 426. The number of nitrogens with two attached hydrogens (primary N) is 1. The first-order valence-corrected chi connectivity index (χ1v) is 8.79. The van der Waals surface area contributed by atoms with E-state index >= 15 is 0 Å². The molecule has 1 saturated carbocycles. The molecule has 0 radical (unpaired) electrons. The van der Waals surface area contributed by atoms with E-state index in [1.54, 1.807) is 0 Å². The molecule has 1 aromatic rings. The zero-order valence-corrected chi connectivity index (χ0v) is 13.4. The van der Waals surface area contributed by atoms with Crippen molar-refractivity contribution < 1.29 is 0 Å². The third-order valence-electron chi connectivity index (χ3n) is 5.55. The number of piperidine rings is 1. The minimum atomic E-state index is 0.363. The highest BCUT2D eigenvalue weighted by atomic mass is 15.2. The molecule has 3 atom stereocenters. The van der Waals surface area contributed by atoms with Gasteiger partial charge in [0.25, 0.3) is 0 Å². The fraction of sp³-hybridized carbons (Fsp3) is 0.684. The first-order valence-electron chi connectivity index (χ1n) is 8.79.